The molecule has 0 saturated carbocycles. The topological polar surface area (TPSA) is 129 Å². The lowest BCUT2D eigenvalue weighted by Crippen LogP contribution is -2.68. The van der Waals surface area contributed by atoms with Gasteiger partial charge in [-0.3, -0.25) is 0 Å². The summed E-state index contributed by atoms with van der Waals surface area (Å²) in [5.41, 5.74) is 0.473. The summed E-state index contributed by atoms with van der Waals surface area (Å²) in [4.78, 5) is 0. The van der Waals surface area contributed by atoms with Crippen LogP contribution in [0.5, 0.6) is 11.5 Å². The van der Waals surface area contributed by atoms with Crippen molar-refractivity contribution in [1.82, 2.24) is 0 Å². The number of aliphatic hydroxyl groups is 5. The van der Waals surface area contributed by atoms with Gasteiger partial charge in [-0.1, -0.05) is 24.3 Å². The van der Waals surface area contributed by atoms with Gasteiger partial charge >= 0.3 is 0 Å². The fraction of sp³-hybridized carbons (Fsp3) is 0.478. The van der Waals surface area contributed by atoms with Gasteiger partial charge in [-0.2, -0.15) is 0 Å². The summed E-state index contributed by atoms with van der Waals surface area (Å²) in [5, 5.41) is 50.9. The van der Waals surface area contributed by atoms with E-state index in [-0.39, 0.29) is 6.61 Å². The van der Waals surface area contributed by atoms with Gasteiger partial charge in [0.25, 0.3) is 0 Å². The minimum Gasteiger partial charge on any atom is -0.497 e. The Balaban J connectivity index is 1.88. The SMILES string of the molecule is COc1ccc(Cc2ccc(CO)cc2O[C@@H]2O[C@H]([C@@H](C)O)[C@@](C)(O)[C@H](O)[C@H]2O)cc1. The maximum absolute atomic E-state index is 10.5. The highest BCUT2D eigenvalue weighted by Gasteiger charge is 2.54. The molecule has 8 heteroatoms. The molecule has 0 spiro atoms. The zero-order valence-corrected chi connectivity index (χ0v) is 17.8. The van der Waals surface area contributed by atoms with Crippen LogP contribution in [0, 0.1) is 0 Å². The van der Waals surface area contributed by atoms with Gasteiger partial charge in [-0.05, 0) is 48.7 Å². The van der Waals surface area contributed by atoms with Crippen molar-refractivity contribution in [2.45, 2.75) is 63.2 Å². The van der Waals surface area contributed by atoms with Crippen LogP contribution >= 0.6 is 0 Å². The molecule has 170 valence electrons. The van der Waals surface area contributed by atoms with Gasteiger partial charge in [-0.15, -0.1) is 0 Å². The van der Waals surface area contributed by atoms with Crippen molar-refractivity contribution in [3.8, 4) is 11.5 Å². The van der Waals surface area contributed by atoms with Crippen LogP contribution < -0.4 is 9.47 Å². The molecule has 0 aromatic heterocycles. The first-order chi connectivity index (χ1) is 14.7. The molecule has 2 aromatic rings. The van der Waals surface area contributed by atoms with Crippen molar-refractivity contribution in [3.63, 3.8) is 0 Å². The third-order valence-corrected chi connectivity index (χ3v) is 5.61. The molecular formula is C23H30O8. The van der Waals surface area contributed by atoms with Gasteiger partial charge in [0.05, 0.1) is 19.8 Å². The number of methoxy groups -OCH3 is 1. The smallest absolute Gasteiger partial charge is 0.229 e. The van der Waals surface area contributed by atoms with E-state index in [1.165, 1.54) is 13.8 Å². The summed E-state index contributed by atoms with van der Waals surface area (Å²) < 4.78 is 16.7. The van der Waals surface area contributed by atoms with Gasteiger partial charge < -0.3 is 39.7 Å². The van der Waals surface area contributed by atoms with E-state index >= 15 is 0 Å². The Labute approximate surface area is 181 Å². The highest BCUT2D eigenvalue weighted by molar-refractivity contribution is 5.41. The third kappa shape index (κ3) is 5.01. The molecule has 1 aliphatic heterocycles. The van der Waals surface area contributed by atoms with Crippen LogP contribution in [0.15, 0.2) is 42.5 Å². The normalized spacial score (nSPS) is 29.4. The minimum atomic E-state index is -1.87. The van der Waals surface area contributed by atoms with E-state index in [1.54, 1.807) is 25.3 Å². The van der Waals surface area contributed by atoms with E-state index in [1.807, 2.05) is 24.3 Å². The number of hydrogen-bond donors (Lipinski definition) is 5. The molecule has 8 nitrogen and oxygen atoms in total. The largest absolute Gasteiger partial charge is 0.497 e. The van der Waals surface area contributed by atoms with Crippen LogP contribution in [0.3, 0.4) is 0 Å². The molecule has 3 rings (SSSR count). The lowest BCUT2D eigenvalue weighted by atomic mass is 9.83. The van der Waals surface area contributed by atoms with Gasteiger partial charge in [0.2, 0.25) is 6.29 Å². The van der Waals surface area contributed by atoms with Crippen LogP contribution in [-0.4, -0.2) is 68.9 Å². The maximum Gasteiger partial charge on any atom is 0.229 e. The molecule has 1 saturated heterocycles. The number of benzene rings is 2. The molecule has 31 heavy (non-hydrogen) atoms. The van der Waals surface area contributed by atoms with Crippen LogP contribution in [0.25, 0.3) is 0 Å². The third-order valence-electron chi connectivity index (χ3n) is 5.61. The Morgan fingerprint density at radius 2 is 1.74 bits per heavy atom. The van der Waals surface area contributed by atoms with Crippen LogP contribution in [0.1, 0.15) is 30.5 Å². The summed E-state index contributed by atoms with van der Waals surface area (Å²) in [6.07, 6.45) is -6.30. The average Bonchev–Trinajstić information content (AvgIpc) is 2.75. The van der Waals surface area contributed by atoms with Crippen molar-refractivity contribution < 1.29 is 39.7 Å². The van der Waals surface area contributed by atoms with E-state index in [0.29, 0.717) is 17.7 Å². The summed E-state index contributed by atoms with van der Waals surface area (Å²) in [6, 6.07) is 12.7. The summed E-state index contributed by atoms with van der Waals surface area (Å²) in [6.45, 7) is 2.50. The number of aliphatic hydroxyl groups excluding tert-OH is 4. The molecule has 0 bridgehead atoms. The van der Waals surface area contributed by atoms with Crippen molar-refractivity contribution in [1.29, 1.82) is 0 Å². The van der Waals surface area contributed by atoms with Gasteiger partial charge in [-0.25, -0.2) is 0 Å². The second-order valence-corrected chi connectivity index (χ2v) is 8.07. The monoisotopic (exact) mass is 434 g/mol. The Kier molecular flexibility index (Phi) is 7.20. The van der Waals surface area contributed by atoms with E-state index < -0.39 is 36.3 Å². The molecule has 5 N–H and O–H groups in total. The lowest BCUT2D eigenvalue weighted by molar-refractivity contribution is -0.317. The highest BCUT2D eigenvalue weighted by atomic mass is 16.7. The average molecular weight is 434 g/mol. The molecular weight excluding hydrogens is 404 g/mol. The Hall–Kier alpha value is -2.20. The lowest BCUT2D eigenvalue weighted by Gasteiger charge is -2.47. The van der Waals surface area contributed by atoms with E-state index in [4.69, 9.17) is 14.2 Å². The van der Waals surface area contributed by atoms with E-state index in [9.17, 15) is 25.5 Å². The number of ether oxygens (including phenoxy) is 3. The van der Waals surface area contributed by atoms with Crippen LogP contribution in [0.4, 0.5) is 0 Å². The quantitative estimate of drug-likeness (QED) is 0.432. The first-order valence-corrected chi connectivity index (χ1v) is 10.1. The molecule has 0 unspecified atom stereocenters. The van der Waals surface area contributed by atoms with E-state index in [0.717, 1.165) is 16.9 Å². The standard InChI is InChI=1S/C23H30O8/c1-13(25)21-23(2,28)20(27)19(26)22(31-21)30-18-11-15(12-24)4-7-16(18)10-14-5-8-17(29-3)9-6-14/h4-9,11,13,19-22,24-28H,10,12H2,1-3H3/t13-,19-,20-,21-,22-,23+/m1/s1. The molecule has 1 heterocycles. The predicted molar refractivity (Wildman–Crippen MR) is 112 cm³/mol. The predicted octanol–water partition coefficient (Wildman–Crippen LogP) is 0.736. The Morgan fingerprint density at radius 1 is 1.10 bits per heavy atom. The second kappa shape index (κ2) is 9.52. The zero-order valence-electron chi connectivity index (χ0n) is 17.8. The van der Waals surface area contributed by atoms with Crippen molar-refractivity contribution in [3.05, 3.63) is 59.2 Å². The van der Waals surface area contributed by atoms with Gasteiger partial charge in [0, 0.05) is 6.42 Å². The highest BCUT2D eigenvalue weighted by Crippen LogP contribution is 2.34. The molecule has 0 aliphatic carbocycles. The number of hydrogen-bond acceptors (Lipinski definition) is 8. The van der Waals surface area contributed by atoms with Gasteiger partial charge in [0.15, 0.2) is 0 Å². The first-order valence-electron chi connectivity index (χ1n) is 10.1. The summed E-state index contributed by atoms with van der Waals surface area (Å²) in [7, 11) is 1.59. The fourth-order valence-electron chi connectivity index (χ4n) is 3.77. The Bertz CT molecular complexity index is 864. The minimum absolute atomic E-state index is 0.207. The maximum atomic E-state index is 10.5. The van der Waals surface area contributed by atoms with Crippen LogP contribution in [-0.2, 0) is 17.8 Å². The van der Waals surface area contributed by atoms with Crippen molar-refractivity contribution in [2.24, 2.45) is 0 Å². The second-order valence-electron chi connectivity index (χ2n) is 8.07. The molecule has 1 fully saturated rings. The zero-order chi connectivity index (χ0) is 22.8. The fourth-order valence-corrected chi connectivity index (χ4v) is 3.77. The number of rotatable bonds is 7. The molecule has 1 aliphatic rings. The molecule has 6 atom stereocenters. The van der Waals surface area contributed by atoms with Gasteiger partial charge in [0.1, 0.15) is 35.4 Å². The molecule has 2 aromatic carbocycles. The van der Waals surface area contributed by atoms with Crippen molar-refractivity contribution >= 4 is 0 Å². The molecule has 0 radical (unpaired) electrons. The first kappa shape index (κ1) is 23.5. The van der Waals surface area contributed by atoms with Crippen LogP contribution in [0.2, 0.25) is 0 Å². The summed E-state index contributed by atoms with van der Waals surface area (Å²) >= 11 is 0. The molecule has 0 amide bonds. The van der Waals surface area contributed by atoms with Crippen molar-refractivity contribution in [2.75, 3.05) is 7.11 Å². The summed E-state index contributed by atoms with van der Waals surface area (Å²) in [5.74, 6) is 1.09. The van der Waals surface area contributed by atoms with E-state index in [2.05, 4.69) is 0 Å². The Morgan fingerprint density at radius 3 is 2.32 bits per heavy atom.